The summed E-state index contributed by atoms with van der Waals surface area (Å²) in [5, 5.41) is -0.436. The van der Waals surface area contributed by atoms with Crippen molar-refractivity contribution in [1.82, 2.24) is 0 Å². The molecule has 0 aromatic rings. The lowest BCUT2D eigenvalue weighted by Crippen LogP contribution is -2.44. The van der Waals surface area contributed by atoms with Gasteiger partial charge in [-0.25, -0.2) is 0 Å². The summed E-state index contributed by atoms with van der Waals surface area (Å²) >= 11 is 0. The molecule has 2 saturated heterocycles. The molecule has 0 spiro atoms. The van der Waals surface area contributed by atoms with Crippen LogP contribution >= 0.6 is 0 Å². The smallest absolute Gasteiger partial charge is 0.310 e. The maximum Gasteiger partial charge on any atom is 0.310 e. The third-order valence-corrected chi connectivity index (χ3v) is 9.93. The number of hydrogen-bond donors (Lipinski definition) is 0. The standard InChI is InChI=1S/C18H22O7S/c1-6-8-5-10-14(18(20)24-15(6)10)13(8)17(19)23-11-3-7-2-9-12(4-7)26(21,22)25-16(9)11/h6-16H,2-5H2,1H3. The Morgan fingerprint density at radius 2 is 1.88 bits per heavy atom. The molecule has 142 valence electrons. The number of fused-ring (bicyclic) bond motifs is 2. The molecule has 6 fully saturated rings. The van der Waals surface area contributed by atoms with Gasteiger partial charge in [0.05, 0.1) is 17.1 Å². The predicted octanol–water partition coefficient (Wildman–Crippen LogP) is 0.869. The molecule has 0 N–H and O–H groups in total. The number of hydrogen-bond acceptors (Lipinski definition) is 7. The van der Waals surface area contributed by atoms with Crippen LogP contribution in [-0.4, -0.2) is 43.9 Å². The lowest BCUT2D eigenvalue weighted by Gasteiger charge is -2.34. The third-order valence-electron chi connectivity index (χ3n) is 8.15. The van der Waals surface area contributed by atoms with Crippen molar-refractivity contribution in [2.24, 2.45) is 41.4 Å². The van der Waals surface area contributed by atoms with Crippen LogP contribution in [0.1, 0.15) is 32.6 Å². The van der Waals surface area contributed by atoms with Crippen molar-refractivity contribution in [2.45, 2.75) is 56.2 Å². The Kier molecular flexibility index (Phi) is 2.94. The van der Waals surface area contributed by atoms with Crippen LogP contribution in [0, 0.1) is 41.4 Å². The molecule has 11 atom stereocenters. The fourth-order valence-corrected chi connectivity index (χ4v) is 9.07. The Labute approximate surface area is 151 Å². The zero-order valence-electron chi connectivity index (χ0n) is 14.4. The van der Waals surface area contributed by atoms with E-state index in [9.17, 15) is 18.0 Å². The van der Waals surface area contributed by atoms with Gasteiger partial charge in [0, 0.05) is 11.8 Å². The van der Waals surface area contributed by atoms with Gasteiger partial charge in [0.1, 0.15) is 18.3 Å². The Balaban J connectivity index is 1.25. The molecular weight excluding hydrogens is 360 g/mol. The van der Waals surface area contributed by atoms with Crippen molar-refractivity contribution < 1.29 is 31.7 Å². The summed E-state index contributed by atoms with van der Waals surface area (Å²) in [5.41, 5.74) is 0. The predicted molar refractivity (Wildman–Crippen MR) is 85.9 cm³/mol. The zero-order chi connectivity index (χ0) is 18.0. The van der Waals surface area contributed by atoms with Crippen LogP contribution in [0.2, 0.25) is 0 Å². The molecular formula is C18H22O7S. The van der Waals surface area contributed by atoms with Gasteiger partial charge in [-0.2, -0.15) is 8.42 Å². The third kappa shape index (κ3) is 1.80. The SMILES string of the molecule is CC1C2CC3C1OC(=O)C3C2C(=O)OC1CC2CC3C1OS(=O)(=O)C3C2. The summed E-state index contributed by atoms with van der Waals surface area (Å²) in [6.45, 7) is 2.04. The van der Waals surface area contributed by atoms with Crippen molar-refractivity contribution in [2.75, 3.05) is 0 Å². The van der Waals surface area contributed by atoms with Crippen molar-refractivity contribution >= 4 is 22.1 Å². The van der Waals surface area contributed by atoms with Gasteiger partial charge < -0.3 is 9.47 Å². The van der Waals surface area contributed by atoms with Crippen molar-refractivity contribution in [3.8, 4) is 0 Å². The van der Waals surface area contributed by atoms with Crippen LogP contribution in [0.3, 0.4) is 0 Å². The van der Waals surface area contributed by atoms with E-state index >= 15 is 0 Å². The molecule has 8 heteroatoms. The van der Waals surface area contributed by atoms with E-state index in [2.05, 4.69) is 0 Å². The van der Waals surface area contributed by atoms with Gasteiger partial charge in [-0.3, -0.25) is 13.8 Å². The average molecular weight is 382 g/mol. The molecule has 6 rings (SSSR count). The zero-order valence-corrected chi connectivity index (χ0v) is 15.3. The van der Waals surface area contributed by atoms with E-state index in [1.54, 1.807) is 0 Å². The van der Waals surface area contributed by atoms with Crippen molar-refractivity contribution in [1.29, 1.82) is 0 Å². The first-order valence-corrected chi connectivity index (χ1v) is 11.2. The number of carbonyl (C=O) groups excluding carboxylic acids is 2. The number of esters is 2. The second kappa shape index (κ2) is 4.82. The normalized spacial score (nSPS) is 57.4. The van der Waals surface area contributed by atoms with Crippen LogP contribution < -0.4 is 0 Å². The minimum atomic E-state index is -3.54. The largest absolute Gasteiger partial charge is 0.462 e. The summed E-state index contributed by atoms with van der Waals surface area (Å²) in [6, 6.07) is 0. The maximum atomic E-state index is 13.0. The lowest BCUT2D eigenvalue weighted by atomic mass is 9.75. The Morgan fingerprint density at radius 1 is 1.08 bits per heavy atom. The number of rotatable bonds is 2. The molecule has 0 aromatic carbocycles. The summed E-state index contributed by atoms with van der Waals surface area (Å²) in [5.74, 6) is -0.807. The fourth-order valence-electron chi connectivity index (χ4n) is 7.15. The van der Waals surface area contributed by atoms with Crippen molar-refractivity contribution in [3.63, 3.8) is 0 Å². The topological polar surface area (TPSA) is 96.0 Å². The highest BCUT2D eigenvalue weighted by molar-refractivity contribution is 7.87. The van der Waals surface area contributed by atoms with Gasteiger partial charge >= 0.3 is 11.9 Å². The summed E-state index contributed by atoms with van der Waals surface area (Å²) in [4.78, 5) is 25.3. The second-order valence-corrected chi connectivity index (χ2v) is 11.0. The average Bonchev–Trinajstić information content (AvgIpc) is 3.29. The van der Waals surface area contributed by atoms with E-state index in [-0.39, 0.29) is 53.6 Å². The highest BCUT2D eigenvalue weighted by atomic mass is 32.2. The Morgan fingerprint density at radius 3 is 2.69 bits per heavy atom. The van der Waals surface area contributed by atoms with Crippen LogP contribution in [-0.2, 0) is 33.4 Å². The van der Waals surface area contributed by atoms with Gasteiger partial charge in [-0.05, 0) is 43.4 Å². The molecule has 11 unspecified atom stereocenters. The number of carbonyl (C=O) groups is 2. The number of ether oxygens (including phenoxy) is 2. The molecule has 6 aliphatic rings. The summed E-state index contributed by atoms with van der Waals surface area (Å²) in [6.07, 6.45) is 1.84. The molecule has 2 heterocycles. The molecule has 4 aliphatic carbocycles. The first-order chi connectivity index (χ1) is 12.3. The van der Waals surface area contributed by atoms with Crippen LogP contribution in [0.4, 0.5) is 0 Å². The summed E-state index contributed by atoms with van der Waals surface area (Å²) in [7, 11) is -3.54. The van der Waals surface area contributed by atoms with E-state index in [0.717, 1.165) is 12.8 Å². The highest BCUT2D eigenvalue weighted by Crippen LogP contribution is 2.61. The molecule has 0 amide bonds. The Hall–Kier alpha value is -1.15. The maximum absolute atomic E-state index is 13.0. The van der Waals surface area contributed by atoms with Gasteiger partial charge in [-0.1, -0.05) is 6.92 Å². The molecule has 4 saturated carbocycles. The quantitative estimate of drug-likeness (QED) is 0.516. The molecule has 0 radical (unpaired) electrons. The van der Waals surface area contributed by atoms with Gasteiger partial charge in [-0.15, -0.1) is 0 Å². The monoisotopic (exact) mass is 382 g/mol. The van der Waals surface area contributed by atoms with Crippen molar-refractivity contribution in [3.05, 3.63) is 0 Å². The molecule has 4 bridgehead atoms. The first kappa shape index (κ1) is 15.9. The van der Waals surface area contributed by atoms with E-state index in [1.165, 1.54) is 0 Å². The van der Waals surface area contributed by atoms with Crippen LogP contribution in [0.5, 0.6) is 0 Å². The summed E-state index contributed by atoms with van der Waals surface area (Å²) < 4.78 is 41.1. The first-order valence-electron chi connectivity index (χ1n) is 9.68. The van der Waals surface area contributed by atoms with Gasteiger partial charge in [0.2, 0.25) is 0 Å². The minimum Gasteiger partial charge on any atom is -0.462 e. The molecule has 26 heavy (non-hydrogen) atoms. The van der Waals surface area contributed by atoms with Gasteiger partial charge in [0.25, 0.3) is 10.1 Å². The minimum absolute atomic E-state index is 0.0452. The van der Waals surface area contributed by atoms with E-state index in [4.69, 9.17) is 13.7 Å². The second-order valence-electron chi connectivity index (χ2n) is 9.18. The van der Waals surface area contributed by atoms with E-state index in [1.807, 2.05) is 6.92 Å². The van der Waals surface area contributed by atoms with E-state index in [0.29, 0.717) is 12.8 Å². The Bertz CT molecular complexity index is 806. The van der Waals surface area contributed by atoms with E-state index < -0.39 is 33.5 Å². The van der Waals surface area contributed by atoms with Crippen LogP contribution in [0.15, 0.2) is 0 Å². The molecule has 7 nitrogen and oxygen atoms in total. The van der Waals surface area contributed by atoms with Gasteiger partial charge in [0.15, 0.2) is 0 Å². The lowest BCUT2D eigenvalue weighted by molar-refractivity contribution is -0.168. The van der Waals surface area contributed by atoms with Crippen LogP contribution in [0.25, 0.3) is 0 Å². The molecule has 0 aromatic heterocycles. The highest BCUT2D eigenvalue weighted by Gasteiger charge is 2.68. The fraction of sp³-hybridized carbons (Fsp3) is 0.889. The molecule has 2 aliphatic heterocycles.